The predicted molar refractivity (Wildman–Crippen MR) is 68.1 cm³/mol. The van der Waals surface area contributed by atoms with Crippen LogP contribution < -0.4 is 5.73 Å². The van der Waals surface area contributed by atoms with Crippen LogP contribution in [0.4, 0.5) is 0 Å². The Balaban J connectivity index is 2.32. The first kappa shape index (κ1) is 11.8. The molecule has 0 radical (unpaired) electrons. The molecule has 0 bridgehead atoms. The summed E-state index contributed by atoms with van der Waals surface area (Å²) in [5.41, 5.74) is 9.95. The van der Waals surface area contributed by atoms with Gasteiger partial charge in [0.05, 0.1) is 23.3 Å². The molecule has 1 atom stereocenters. The number of rotatable bonds is 3. The van der Waals surface area contributed by atoms with Crippen LogP contribution >= 0.6 is 0 Å². The van der Waals surface area contributed by atoms with Gasteiger partial charge in [-0.1, -0.05) is 6.92 Å². The lowest BCUT2D eigenvalue weighted by Gasteiger charge is -2.09. The van der Waals surface area contributed by atoms with Gasteiger partial charge in [-0.2, -0.15) is 5.10 Å². The number of aryl methyl sites for hydroxylation is 2. The average molecular weight is 230 g/mol. The number of pyridine rings is 1. The van der Waals surface area contributed by atoms with E-state index in [0.717, 1.165) is 29.2 Å². The van der Waals surface area contributed by atoms with Gasteiger partial charge in [-0.25, -0.2) is 4.68 Å². The zero-order valence-corrected chi connectivity index (χ0v) is 10.5. The molecule has 0 spiro atoms. The minimum absolute atomic E-state index is 0.0181. The van der Waals surface area contributed by atoms with Crippen molar-refractivity contribution in [2.75, 3.05) is 0 Å². The van der Waals surface area contributed by atoms with Gasteiger partial charge in [-0.3, -0.25) is 4.98 Å². The molecule has 2 aromatic heterocycles. The van der Waals surface area contributed by atoms with E-state index in [1.807, 2.05) is 42.9 Å². The largest absolute Gasteiger partial charge is 0.323 e. The second-order valence-corrected chi connectivity index (χ2v) is 4.29. The van der Waals surface area contributed by atoms with Crippen molar-refractivity contribution >= 4 is 0 Å². The number of nitrogens with two attached hydrogens (primary N) is 1. The molecule has 0 aromatic carbocycles. The highest BCUT2D eigenvalue weighted by molar-refractivity contribution is 5.32. The summed E-state index contributed by atoms with van der Waals surface area (Å²) in [5.74, 6) is 0. The van der Waals surface area contributed by atoms with Crippen molar-refractivity contribution in [3.63, 3.8) is 0 Å². The monoisotopic (exact) mass is 230 g/mol. The van der Waals surface area contributed by atoms with Gasteiger partial charge in [0, 0.05) is 11.7 Å². The third-order valence-corrected chi connectivity index (χ3v) is 2.84. The van der Waals surface area contributed by atoms with Crippen LogP contribution in [-0.2, 0) is 0 Å². The lowest BCUT2D eigenvalue weighted by atomic mass is 10.1. The van der Waals surface area contributed by atoms with Crippen molar-refractivity contribution in [2.45, 2.75) is 33.2 Å². The van der Waals surface area contributed by atoms with E-state index in [4.69, 9.17) is 5.73 Å². The fourth-order valence-electron chi connectivity index (χ4n) is 1.84. The maximum Gasteiger partial charge on any atom is 0.0832 e. The molecule has 0 saturated heterocycles. The zero-order valence-electron chi connectivity index (χ0n) is 10.5. The number of hydrogen-bond donors (Lipinski definition) is 1. The van der Waals surface area contributed by atoms with E-state index in [0.29, 0.717) is 0 Å². The van der Waals surface area contributed by atoms with Crippen LogP contribution in [0.5, 0.6) is 0 Å². The van der Waals surface area contributed by atoms with Gasteiger partial charge in [0.2, 0.25) is 0 Å². The van der Waals surface area contributed by atoms with Crippen LogP contribution in [0.15, 0.2) is 24.4 Å². The number of nitrogens with zero attached hydrogens (tertiary/aromatic N) is 3. The third kappa shape index (κ3) is 2.36. The Morgan fingerprint density at radius 2 is 2.12 bits per heavy atom. The summed E-state index contributed by atoms with van der Waals surface area (Å²) >= 11 is 0. The van der Waals surface area contributed by atoms with Crippen molar-refractivity contribution in [1.29, 1.82) is 0 Å². The summed E-state index contributed by atoms with van der Waals surface area (Å²) in [6, 6.07) is 6.05. The quantitative estimate of drug-likeness (QED) is 0.880. The molecule has 90 valence electrons. The molecule has 1 unspecified atom stereocenters. The second-order valence-electron chi connectivity index (χ2n) is 4.29. The summed E-state index contributed by atoms with van der Waals surface area (Å²) < 4.78 is 1.89. The molecule has 4 heteroatoms. The van der Waals surface area contributed by atoms with Crippen LogP contribution in [0.25, 0.3) is 5.69 Å². The summed E-state index contributed by atoms with van der Waals surface area (Å²) in [6.45, 7) is 6.07. The Morgan fingerprint density at radius 3 is 2.59 bits per heavy atom. The Hall–Kier alpha value is -1.68. The van der Waals surface area contributed by atoms with Crippen LogP contribution in [0, 0.1) is 13.8 Å². The number of hydrogen-bond acceptors (Lipinski definition) is 3. The minimum atomic E-state index is 0.0181. The number of aromatic nitrogens is 3. The molecule has 4 nitrogen and oxygen atoms in total. The first-order valence-electron chi connectivity index (χ1n) is 5.87. The Bertz CT molecular complexity index is 499. The molecule has 0 aliphatic rings. The molecule has 2 rings (SSSR count). The summed E-state index contributed by atoms with van der Waals surface area (Å²) in [6.07, 6.45) is 2.72. The van der Waals surface area contributed by atoms with Gasteiger partial charge in [0.25, 0.3) is 0 Å². The van der Waals surface area contributed by atoms with Gasteiger partial charge in [0.15, 0.2) is 0 Å². The van der Waals surface area contributed by atoms with Crippen molar-refractivity contribution in [3.8, 4) is 5.69 Å². The Kier molecular flexibility index (Phi) is 3.24. The first-order valence-corrected chi connectivity index (χ1v) is 5.87. The molecule has 17 heavy (non-hydrogen) atoms. The molecular formula is C13H18N4. The first-order chi connectivity index (χ1) is 8.11. The molecular weight excluding hydrogens is 212 g/mol. The van der Waals surface area contributed by atoms with Gasteiger partial charge < -0.3 is 5.73 Å². The summed E-state index contributed by atoms with van der Waals surface area (Å²) in [4.78, 5) is 4.39. The second kappa shape index (κ2) is 4.67. The highest BCUT2D eigenvalue weighted by atomic mass is 15.3. The average Bonchev–Trinajstić information content (AvgIpc) is 2.68. The molecule has 2 aromatic rings. The SMILES string of the molecule is CCC(N)c1ccc(-n2nc(C)cc2C)cn1. The highest BCUT2D eigenvalue weighted by Gasteiger charge is 2.07. The van der Waals surface area contributed by atoms with E-state index in [2.05, 4.69) is 17.0 Å². The summed E-state index contributed by atoms with van der Waals surface area (Å²) in [7, 11) is 0. The van der Waals surface area contributed by atoms with Gasteiger partial charge in [-0.15, -0.1) is 0 Å². The maximum absolute atomic E-state index is 5.93. The van der Waals surface area contributed by atoms with E-state index in [-0.39, 0.29) is 6.04 Å². The Morgan fingerprint density at radius 1 is 1.35 bits per heavy atom. The van der Waals surface area contributed by atoms with E-state index < -0.39 is 0 Å². The van der Waals surface area contributed by atoms with E-state index in [1.165, 1.54) is 0 Å². The molecule has 0 saturated carbocycles. The smallest absolute Gasteiger partial charge is 0.0832 e. The van der Waals surface area contributed by atoms with Gasteiger partial charge in [0.1, 0.15) is 0 Å². The summed E-state index contributed by atoms with van der Waals surface area (Å²) in [5, 5.41) is 4.42. The maximum atomic E-state index is 5.93. The highest BCUT2D eigenvalue weighted by Crippen LogP contribution is 2.15. The van der Waals surface area contributed by atoms with Crippen molar-refractivity contribution in [3.05, 3.63) is 41.5 Å². The van der Waals surface area contributed by atoms with E-state index >= 15 is 0 Å². The molecule has 0 aliphatic carbocycles. The lowest BCUT2D eigenvalue weighted by molar-refractivity contribution is 0.673. The minimum Gasteiger partial charge on any atom is -0.323 e. The molecule has 0 amide bonds. The third-order valence-electron chi connectivity index (χ3n) is 2.84. The fourth-order valence-corrected chi connectivity index (χ4v) is 1.84. The lowest BCUT2D eigenvalue weighted by Crippen LogP contribution is -2.11. The Labute approximate surface area is 101 Å². The molecule has 0 aliphatic heterocycles. The predicted octanol–water partition coefficient (Wildman–Crippen LogP) is 2.29. The molecule has 2 heterocycles. The van der Waals surface area contributed by atoms with E-state index in [1.54, 1.807) is 0 Å². The van der Waals surface area contributed by atoms with Crippen molar-refractivity contribution in [1.82, 2.24) is 14.8 Å². The zero-order chi connectivity index (χ0) is 12.4. The van der Waals surface area contributed by atoms with Crippen LogP contribution in [0.1, 0.15) is 36.5 Å². The molecule has 2 N–H and O–H groups in total. The van der Waals surface area contributed by atoms with Crippen LogP contribution in [0.2, 0.25) is 0 Å². The van der Waals surface area contributed by atoms with Gasteiger partial charge >= 0.3 is 0 Å². The van der Waals surface area contributed by atoms with Crippen molar-refractivity contribution in [2.24, 2.45) is 5.73 Å². The standard InChI is InChI=1S/C13H18N4/c1-4-12(14)13-6-5-11(8-15-13)17-10(3)7-9(2)16-17/h5-8,12H,4,14H2,1-3H3. The topological polar surface area (TPSA) is 56.7 Å². The van der Waals surface area contributed by atoms with Crippen molar-refractivity contribution < 1.29 is 0 Å². The van der Waals surface area contributed by atoms with Crippen LogP contribution in [-0.4, -0.2) is 14.8 Å². The van der Waals surface area contributed by atoms with Gasteiger partial charge in [-0.05, 0) is 38.5 Å². The molecule has 0 fully saturated rings. The normalized spacial score (nSPS) is 12.7. The van der Waals surface area contributed by atoms with E-state index in [9.17, 15) is 0 Å². The fraction of sp³-hybridized carbons (Fsp3) is 0.385. The van der Waals surface area contributed by atoms with Crippen LogP contribution in [0.3, 0.4) is 0 Å².